The highest BCUT2D eigenvalue weighted by molar-refractivity contribution is 5.84. The molecule has 0 heterocycles. The van der Waals surface area contributed by atoms with E-state index in [1.807, 2.05) is 12.1 Å². The first-order chi connectivity index (χ1) is 13.4. The number of carbonyl (C=O) groups is 2. The number of hydrogen-bond donors (Lipinski definition) is 2. The van der Waals surface area contributed by atoms with E-state index in [4.69, 9.17) is 14.2 Å². The summed E-state index contributed by atoms with van der Waals surface area (Å²) < 4.78 is 15.7. The Balaban J connectivity index is 1.90. The van der Waals surface area contributed by atoms with Gasteiger partial charge in [-0.2, -0.15) is 0 Å². The molecule has 2 N–H and O–H groups in total. The minimum absolute atomic E-state index is 0.0681. The van der Waals surface area contributed by atoms with Gasteiger partial charge < -0.3 is 19.3 Å². The number of carbonyl (C=O) groups excluding carboxylic acids is 1. The highest BCUT2D eigenvalue weighted by Gasteiger charge is 2.20. The van der Waals surface area contributed by atoms with Crippen LogP contribution in [0.15, 0.2) is 48.5 Å². The van der Waals surface area contributed by atoms with E-state index in [1.54, 1.807) is 57.4 Å². The maximum atomic E-state index is 12.0. The summed E-state index contributed by atoms with van der Waals surface area (Å²) in [5, 5.41) is 11.9. The molecular weight excluding hydrogens is 362 g/mol. The standard InChI is InChI=1S/C21H25NO6/c1-14(2)28-19(20(23)24)12-15-5-4-6-16(11-15)13-27-21(25)22-17-7-9-18(26-3)10-8-17/h4-11,14,19H,12-13H2,1-3H3,(H,22,25)(H,23,24). The molecule has 2 rings (SSSR count). The zero-order chi connectivity index (χ0) is 20.5. The second-order valence-corrected chi connectivity index (χ2v) is 6.47. The Hall–Kier alpha value is -3.06. The predicted octanol–water partition coefficient (Wildman–Crippen LogP) is 3.86. The van der Waals surface area contributed by atoms with E-state index < -0.39 is 18.2 Å². The van der Waals surface area contributed by atoms with Crippen molar-refractivity contribution in [2.75, 3.05) is 12.4 Å². The normalized spacial score (nSPS) is 11.7. The van der Waals surface area contributed by atoms with Crippen molar-refractivity contribution in [3.05, 3.63) is 59.7 Å². The third-order valence-corrected chi connectivity index (χ3v) is 3.83. The fraction of sp³-hybridized carbons (Fsp3) is 0.333. The van der Waals surface area contributed by atoms with Crippen LogP contribution < -0.4 is 10.1 Å². The number of carboxylic acid groups (broad SMARTS) is 1. The van der Waals surface area contributed by atoms with Gasteiger partial charge in [0.05, 0.1) is 13.2 Å². The molecule has 2 aromatic rings. The summed E-state index contributed by atoms with van der Waals surface area (Å²) in [6.45, 7) is 3.65. The quantitative estimate of drug-likeness (QED) is 0.678. The minimum atomic E-state index is -1.01. The lowest BCUT2D eigenvalue weighted by Gasteiger charge is -2.17. The van der Waals surface area contributed by atoms with E-state index in [1.165, 1.54) is 0 Å². The van der Waals surface area contributed by atoms with Gasteiger partial charge in [0.25, 0.3) is 0 Å². The van der Waals surface area contributed by atoms with Gasteiger partial charge in [-0.15, -0.1) is 0 Å². The lowest BCUT2D eigenvalue weighted by atomic mass is 10.0. The topological polar surface area (TPSA) is 94.1 Å². The molecule has 0 saturated carbocycles. The zero-order valence-electron chi connectivity index (χ0n) is 16.2. The third kappa shape index (κ3) is 6.92. The van der Waals surface area contributed by atoms with E-state index in [-0.39, 0.29) is 19.1 Å². The molecule has 150 valence electrons. The Morgan fingerprint density at radius 3 is 2.36 bits per heavy atom. The van der Waals surface area contributed by atoms with Gasteiger partial charge in [-0.05, 0) is 49.2 Å². The van der Waals surface area contributed by atoms with Crippen molar-refractivity contribution in [1.82, 2.24) is 0 Å². The number of ether oxygens (including phenoxy) is 3. The molecule has 0 saturated heterocycles. The molecule has 0 radical (unpaired) electrons. The van der Waals surface area contributed by atoms with Crippen LogP contribution in [-0.2, 0) is 27.3 Å². The molecule has 2 aromatic carbocycles. The van der Waals surface area contributed by atoms with Crippen molar-refractivity contribution < 1.29 is 28.9 Å². The van der Waals surface area contributed by atoms with Gasteiger partial charge in [0.1, 0.15) is 12.4 Å². The Morgan fingerprint density at radius 2 is 1.75 bits per heavy atom. The van der Waals surface area contributed by atoms with Crippen LogP contribution in [0.1, 0.15) is 25.0 Å². The molecule has 0 fully saturated rings. The number of aliphatic carboxylic acids is 1. The molecule has 1 amide bonds. The first-order valence-corrected chi connectivity index (χ1v) is 8.91. The molecule has 0 aliphatic rings. The van der Waals surface area contributed by atoms with Crippen LogP contribution in [0.2, 0.25) is 0 Å². The molecule has 0 bridgehead atoms. The second kappa shape index (κ2) is 10.3. The van der Waals surface area contributed by atoms with Gasteiger partial charge in [0.15, 0.2) is 6.10 Å². The summed E-state index contributed by atoms with van der Waals surface area (Å²) in [6.07, 6.45) is -1.45. The number of benzene rings is 2. The summed E-state index contributed by atoms with van der Waals surface area (Å²) in [7, 11) is 1.57. The van der Waals surface area contributed by atoms with Gasteiger partial charge in [-0.3, -0.25) is 5.32 Å². The highest BCUT2D eigenvalue weighted by atomic mass is 16.5. The SMILES string of the molecule is COc1ccc(NC(=O)OCc2cccc(CC(OC(C)C)C(=O)O)c2)cc1. The van der Waals surface area contributed by atoms with E-state index in [0.29, 0.717) is 11.4 Å². The van der Waals surface area contributed by atoms with Crippen molar-refractivity contribution in [2.45, 2.75) is 39.1 Å². The molecule has 1 atom stereocenters. The van der Waals surface area contributed by atoms with Crippen molar-refractivity contribution in [2.24, 2.45) is 0 Å². The Labute approximate surface area is 164 Å². The average molecular weight is 387 g/mol. The predicted molar refractivity (Wildman–Crippen MR) is 105 cm³/mol. The van der Waals surface area contributed by atoms with Crippen LogP contribution in [0.25, 0.3) is 0 Å². The molecular formula is C21H25NO6. The lowest BCUT2D eigenvalue weighted by Crippen LogP contribution is -2.29. The Kier molecular flexibility index (Phi) is 7.83. The largest absolute Gasteiger partial charge is 0.497 e. The van der Waals surface area contributed by atoms with E-state index in [2.05, 4.69) is 5.32 Å². The van der Waals surface area contributed by atoms with Gasteiger partial charge in [0, 0.05) is 12.1 Å². The van der Waals surface area contributed by atoms with Crippen LogP contribution in [-0.4, -0.2) is 36.5 Å². The lowest BCUT2D eigenvalue weighted by molar-refractivity contribution is -0.153. The third-order valence-electron chi connectivity index (χ3n) is 3.83. The molecule has 0 aromatic heterocycles. The average Bonchev–Trinajstić information content (AvgIpc) is 2.66. The first-order valence-electron chi connectivity index (χ1n) is 8.91. The van der Waals surface area contributed by atoms with Crippen LogP contribution in [0, 0.1) is 0 Å². The van der Waals surface area contributed by atoms with Crippen LogP contribution >= 0.6 is 0 Å². The summed E-state index contributed by atoms with van der Waals surface area (Å²) >= 11 is 0. The summed E-state index contributed by atoms with van der Waals surface area (Å²) in [6, 6.07) is 14.1. The fourth-order valence-corrected chi connectivity index (χ4v) is 2.56. The maximum Gasteiger partial charge on any atom is 0.411 e. The number of hydrogen-bond acceptors (Lipinski definition) is 5. The molecule has 0 aliphatic carbocycles. The molecule has 0 aliphatic heterocycles. The number of carboxylic acids is 1. The van der Waals surface area contributed by atoms with Gasteiger partial charge in [-0.1, -0.05) is 24.3 Å². The number of amides is 1. The van der Waals surface area contributed by atoms with Gasteiger partial charge in [-0.25, -0.2) is 9.59 Å². The van der Waals surface area contributed by atoms with Crippen molar-refractivity contribution in [3.8, 4) is 5.75 Å². The minimum Gasteiger partial charge on any atom is -0.497 e. The Morgan fingerprint density at radius 1 is 1.07 bits per heavy atom. The smallest absolute Gasteiger partial charge is 0.411 e. The number of methoxy groups -OCH3 is 1. The first kappa shape index (κ1) is 21.2. The molecule has 1 unspecified atom stereocenters. The van der Waals surface area contributed by atoms with E-state index in [0.717, 1.165) is 11.1 Å². The highest BCUT2D eigenvalue weighted by Crippen LogP contribution is 2.16. The Bertz CT molecular complexity index is 788. The van der Waals surface area contributed by atoms with Crippen LogP contribution in [0.4, 0.5) is 10.5 Å². The van der Waals surface area contributed by atoms with Gasteiger partial charge >= 0.3 is 12.1 Å². The van der Waals surface area contributed by atoms with Crippen molar-refractivity contribution in [1.29, 1.82) is 0 Å². The van der Waals surface area contributed by atoms with E-state index in [9.17, 15) is 14.7 Å². The summed E-state index contributed by atoms with van der Waals surface area (Å²) in [5.74, 6) is -0.314. The second-order valence-electron chi connectivity index (χ2n) is 6.47. The number of rotatable bonds is 9. The van der Waals surface area contributed by atoms with Crippen LogP contribution in [0.3, 0.4) is 0 Å². The van der Waals surface area contributed by atoms with Crippen LogP contribution in [0.5, 0.6) is 5.75 Å². The number of anilines is 1. The fourth-order valence-electron chi connectivity index (χ4n) is 2.56. The number of nitrogens with one attached hydrogen (secondary N) is 1. The summed E-state index contributed by atoms with van der Waals surface area (Å²) in [4.78, 5) is 23.3. The van der Waals surface area contributed by atoms with Gasteiger partial charge in [0.2, 0.25) is 0 Å². The maximum absolute atomic E-state index is 12.0. The van der Waals surface area contributed by atoms with E-state index >= 15 is 0 Å². The molecule has 28 heavy (non-hydrogen) atoms. The molecule has 0 spiro atoms. The monoisotopic (exact) mass is 387 g/mol. The van der Waals surface area contributed by atoms with Crippen molar-refractivity contribution >= 4 is 17.7 Å². The zero-order valence-corrected chi connectivity index (χ0v) is 16.2. The summed E-state index contributed by atoms with van der Waals surface area (Å²) in [5.41, 5.74) is 2.15. The molecule has 7 heteroatoms. The molecule has 7 nitrogen and oxygen atoms in total. The van der Waals surface area contributed by atoms with Crippen molar-refractivity contribution in [3.63, 3.8) is 0 Å².